The zero-order chi connectivity index (χ0) is 19.5. The molecule has 0 spiro atoms. The molecular weight excluding hydrogens is 354 g/mol. The molecule has 1 saturated heterocycles. The zero-order valence-electron chi connectivity index (χ0n) is 17.2. The van der Waals surface area contributed by atoms with Crippen LogP contribution in [0.15, 0.2) is 91.0 Å². The van der Waals surface area contributed by atoms with Gasteiger partial charge in [0.05, 0.1) is 19.1 Å². The van der Waals surface area contributed by atoms with Crippen molar-refractivity contribution in [1.29, 1.82) is 0 Å². The van der Waals surface area contributed by atoms with E-state index in [0.29, 0.717) is 6.04 Å². The fourth-order valence-corrected chi connectivity index (χ4v) is 10.2. The van der Waals surface area contributed by atoms with Crippen LogP contribution in [-0.4, -0.2) is 31.7 Å². The molecule has 1 aliphatic heterocycles. The normalized spacial score (nSPS) is 18.1. The number of hydrogen-bond acceptors (Lipinski definition) is 0. The molecular formula is C26H32NSi+. The number of nitrogens with zero attached hydrogens (tertiary/aromatic N) is 1. The van der Waals surface area contributed by atoms with Crippen molar-refractivity contribution in [2.75, 3.05) is 13.1 Å². The molecule has 0 aliphatic carbocycles. The van der Waals surface area contributed by atoms with Crippen LogP contribution < -0.4 is 10.4 Å². The van der Waals surface area contributed by atoms with Crippen molar-refractivity contribution in [1.82, 2.24) is 0 Å². The van der Waals surface area contributed by atoms with E-state index in [1.807, 2.05) is 0 Å². The van der Waals surface area contributed by atoms with Gasteiger partial charge in [-0.1, -0.05) is 101 Å². The molecule has 0 unspecified atom stereocenters. The number of benzene rings is 3. The molecule has 1 fully saturated rings. The Balaban J connectivity index is 1.68. The van der Waals surface area contributed by atoms with Crippen LogP contribution in [0, 0.1) is 0 Å². The van der Waals surface area contributed by atoms with E-state index in [-0.39, 0.29) is 0 Å². The Morgan fingerprint density at radius 2 is 1.11 bits per heavy atom. The van der Waals surface area contributed by atoms with Crippen LogP contribution in [0.1, 0.15) is 19.4 Å². The summed E-state index contributed by atoms with van der Waals surface area (Å²) in [6.07, 6.45) is 0. The third kappa shape index (κ3) is 3.59. The second kappa shape index (κ2) is 8.06. The van der Waals surface area contributed by atoms with Crippen molar-refractivity contribution < 1.29 is 4.48 Å². The van der Waals surface area contributed by atoms with Gasteiger partial charge in [-0.05, 0) is 13.8 Å². The maximum absolute atomic E-state index is 2.42. The topological polar surface area (TPSA) is 0 Å². The van der Waals surface area contributed by atoms with Crippen molar-refractivity contribution in [3.8, 4) is 0 Å². The molecule has 0 bridgehead atoms. The predicted molar refractivity (Wildman–Crippen MR) is 123 cm³/mol. The van der Waals surface area contributed by atoms with Crippen LogP contribution in [0.2, 0.25) is 12.1 Å². The molecule has 0 atom stereocenters. The van der Waals surface area contributed by atoms with Gasteiger partial charge < -0.3 is 4.48 Å². The molecule has 1 heterocycles. The van der Waals surface area contributed by atoms with E-state index in [2.05, 4.69) is 105 Å². The maximum atomic E-state index is 2.42. The van der Waals surface area contributed by atoms with Gasteiger partial charge in [0, 0.05) is 17.7 Å². The first kappa shape index (κ1) is 19.2. The van der Waals surface area contributed by atoms with Crippen molar-refractivity contribution in [2.45, 2.75) is 38.5 Å². The lowest BCUT2D eigenvalue weighted by molar-refractivity contribution is -0.958. The van der Waals surface area contributed by atoms with Gasteiger partial charge >= 0.3 is 0 Å². The molecule has 2 heteroatoms. The standard InChI is InChI=1S/C26H32NSi/c1-23(2)27(22-24-12-6-3-7-13-24)18-20-28(21-19-27,25-14-8-4-9-15-25)26-16-10-5-11-17-26/h3-17,23H,18-22H2,1-2H3/q+1. The highest BCUT2D eigenvalue weighted by molar-refractivity contribution is 7.02. The van der Waals surface area contributed by atoms with Gasteiger partial charge in [-0.25, -0.2) is 0 Å². The summed E-state index contributed by atoms with van der Waals surface area (Å²) in [6, 6.07) is 37.2. The number of hydrogen-bond donors (Lipinski definition) is 0. The molecule has 144 valence electrons. The summed E-state index contributed by atoms with van der Waals surface area (Å²) in [5.41, 5.74) is 1.48. The molecule has 28 heavy (non-hydrogen) atoms. The highest BCUT2D eigenvalue weighted by atomic mass is 28.3. The molecule has 0 N–H and O–H groups in total. The Morgan fingerprint density at radius 3 is 1.54 bits per heavy atom. The van der Waals surface area contributed by atoms with E-state index in [1.165, 1.54) is 35.2 Å². The summed E-state index contributed by atoms with van der Waals surface area (Å²) < 4.78 is 1.22. The maximum Gasteiger partial charge on any atom is 0.129 e. The minimum absolute atomic E-state index is 0.652. The van der Waals surface area contributed by atoms with Crippen molar-refractivity contribution in [3.63, 3.8) is 0 Å². The highest BCUT2D eigenvalue weighted by Crippen LogP contribution is 2.32. The predicted octanol–water partition coefficient (Wildman–Crippen LogP) is 4.69. The van der Waals surface area contributed by atoms with E-state index in [4.69, 9.17) is 0 Å². The monoisotopic (exact) mass is 386 g/mol. The van der Waals surface area contributed by atoms with Crippen LogP contribution in [0.3, 0.4) is 0 Å². The Kier molecular flexibility index (Phi) is 5.52. The lowest BCUT2D eigenvalue weighted by Gasteiger charge is -2.50. The molecule has 3 aromatic rings. The largest absolute Gasteiger partial charge is 0.318 e. The van der Waals surface area contributed by atoms with Crippen molar-refractivity contribution in [3.05, 3.63) is 96.6 Å². The van der Waals surface area contributed by atoms with Crippen molar-refractivity contribution >= 4 is 18.4 Å². The van der Waals surface area contributed by atoms with Gasteiger partial charge in [-0.2, -0.15) is 0 Å². The minimum Gasteiger partial charge on any atom is -0.318 e. The summed E-state index contributed by atoms with van der Waals surface area (Å²) >= 11 is 0. The molecule has 0 aromatic heterocycles. The van der Waals surface area contributed by atoms with Gasteiger partial charge in [0.15, 0.2) is 0 Å². The first-order valence-electron chi connectivity index (χ1n) is 10.7. The van der Waals surface area contributed by atoms with E-state index in [0.717, 1.165) is 6.54 Å². The molecule has 0 radical (unpaired) electrons. The Bertz CT molecular complexity index is 825. The molecule has 4 rings (SSSR count). The van der Waals surface area contributed by atoms with E-state index >= 15 is 0 Å². The Morgan fingerprint density at radius 1 is 0.679 bits per heavy atom. The number of quaternary nitrogens is 1. The summed E-state index contributed by atoms with van der Waals surface area (Å²) in [6.45, 7) is 8.56. The Labute approximate surface area is 171 Å². The van der Waals surface area contributed by atoms with Crippen LogP contribution in [0.25, 0.3) is 0 Å². The van der Waals surface area contributed by atoms with Gasteiger partial charge in [0.1, 0.15) is 14.6 Å². The molecule has 0 amide bonds. The number of rotatable bonds is 5. The van der Waals surface area contributed by atoms with E-state index in [1.54, 1.807) is 10.4 Å². The Hall–Kier alpha value is -2.16. The van der Waals surface area contributed by atoms with Crippen LogP contribution in [-0.2, 0) is 6.54 Å². The van der Waals surface area contributed by atoms with Crippen LogP contribution >= 0.6 is 0 Å². The summed E-state index contributed by atoms with van der Waals surface area (Å²) in [5, 5.41) is 3.23. The van der Waals surface area contributed by atoms with Crippen LogP contribution in [0.5, 0.6) is 0 Å². The van der Waals surface area contributed by atoms with Crippen molar-refractivity contribution in [2.24, 2.45) is 0 Å². The average Bonchev–Trinajstić information content (AvgIpc) is 2.76. The lowest BCUT2D eigenvalue weighted by atomic mass is 10.1. The third-order valence-electron chi connectivity index (χ3n) is 7.06. The van der Waals surface area contributed by atoms with E-state index in [9.17, 15) is 0 Å². The molecule has 0 saturated carbocycles. The second-order valence-corrected chi connectivity index (χ2v) is 13.0. The smallest absolute Gasteiger partial charge is 0.129 e. The molecule has 1 nitrogen and oxygen atoms in total. The summed E-state index contributed by atoms with van der Waals surface area (Å²) in [4.78, 5) is 0. The second-order valence-electron chi connectivity index (χ2n) is 8.72. The zero-order valence-corrected chi connectivity index (χ0v) is 18.2. The average molecular weight is 387 g/mol. The highest BCUT2D eigenvalue weighted by Gasteiger charge is 2.47. The van der Waals surface area contributed by atoms with Gasteiger partial charge in [0.2, 0.25) is 0 Å². The fraction of sp³-hybridized carbons (Fsp3) is 0.308. The molecule has 1 aliphatic rings. The van der Waals surface area contributed by atoms with E-state index < -0.39 is 8.07 Å². The van der Waals surface area contributed by atoms with Gasteiger partial charge in [-0.15, -0.1) is 0 Å². The summed E-state index contributed by atoms with van der Waals surface area (Å²) in [5.74, 6) is 0. The first-order chi connectivity index (χ1) is 13.6. The van der Waals surface area contributed by atoms with Gasteiger partial charge in [0.25, 0.3) is 0 Å². The minimum atomic E-state index is -1.70. The first-order valence-corrected chi connectivity index (χ1v) is 13.1. The fourth-order valence-electron chi connectivity index (χ4n) is 5.13. The van der Waals surface area contributed by atoms with Crippen LogP contribution in [0.4, 0.5) is 0 Å². The quantitative estimate of drug-likeness (QED) is 0.441. The third-order valence-corrected chi connectivity index (χ3v) is 12.1. The lowest BCUT2D eigenvalue weighted by Crippen LogP contribution is -2.68. The van der Waals surface area contributed by atoms with Gasteiger partial charge in [-0.3, -0.25) is 0 Å². The summed E-state index contributed by atoms with van der Waals surface area (Å²) in [7, 11) is -1.70. The molecule has 3 aromatic carbocycles. The SMILES string of the molecule is CC(C)[N+]1(Cc2ccccc2)CC[Si](c2ccccc2)(c2ccccc2)CC1.